The van der Waals surface area contributed by atoms with Crippen LogP contribution < -0.4 is 5.32 Å². The summed E-state index contributed by atoms with van der Waals surface area (Å²) in [7, 11) is 0. The molecule has 1 saturated carbocycles. The van der Waals surface area contributed by atoms with Crippen molar-refractivity contribution in [3.8, 4) is 0 Å². The summed E-state index contributed by atoms with van der Waals surface area (Å²) in [6.45, 7) is 2.62. The number of carbonyl (C=O) groups is 1. The number of nitrogens with one attached hydrogen (secondary N) is 1. The number of hydrogen-bond acceptors (Lipinski definition) is 3. The number of rotatable bonds is 4. The molecule has 15 heavy (non-hydrogen) atoms. The lowest BCUT2D eigenvalue weighted by Gasteiger charge is -2.09. The fourth-order valence-corrected chi connectivity index (χ4v) is 1.53. The van der Waals surface area contributed by atoms with Gasteiger partial charge < -0.3 is 10.4 Å². The van der Waals surface area contributed by atoms with Crippen molar-refractivity contribution < 1.29 is 9.90 Å². The summed E-state index contributed by atoms with van der Waals surface area (Å²) in [5.74, 6) is 0.280. The van der Waals surface area contributed by atoms with Crippen LogP contribution in [0.15, 0.2) is 12.3 Å². The van der Waals surface area contributed by atoms with E-state index in [2.05, 4.69) is 10.3 Å². The van der Waals surface area contributed by atoms with E-state index < -0.39 is 5.97 Å². The summed E-state index contributed by atoms with van der Waals surface area (Å²) in [5.41, 5.74) is 1.04. The van der Waals surface area contributed by atoms with Crippen LogP contribution in [0.2, 0.25) is 0 Å². The minimum atomic E-state index is -0.918. The zero-order valence-electron chi connectivity index (χ0n) is 8.66. The first kappa shape index (κ1) is 9.96. The Balaban J connectivity index is 2.19. The van der Waals surface area contributed by atoms with Crippen LogP contribution in [0, 0.1) is 12.8 Å². The van der Waals surface area contributed by atoms with E-state index in [9.17, 15) is 4.79 Å². The molecule has 80 valence electrons. The van der Waals surface area contributed by atoms with Crippen LogP contribution in [0.4, 0.5) is 5.82 Å². The van der Waals surface area contributed by atoms with Crippen molar-refractivity contribution in [2.24, 2.45) is 5.92 Å². The highest BCUT2D eigenvalue weighted by Gasteiger charge is 2.22. The Morgan fingerprint density at radius 2 is 2.40 bits per heavy atom. The Hall–Kier alpha value is -1.58. The molecule has 0 amide bonds. The van der Waals surface area contributed by atoms with E-state index in [4.69, 9.17) is 5.11 Å². The molecule has 1 aromatic rings. The van der Waals surface area contributed by atoms with Gasteiger partial charge in [-0.3, -0.25) is 0 Å². The molecule has 0 radical (unpaired) electrons. The third-order valence-electron chi connectivity index (χ3n) is 2.63. The van der Waals surface area contributed by atoms with Gasteiger partial charge in [0.15, 0.2) is 0 Å². The summed E-state index contributed by atoms with van der Waals surface area (Å²) in [6.07, 6.45) is 4.11. The van der Waals surface area contributed by atoms with Crippen molar-refractivity contribution in [2.75, 3.05) is 11.9 Å². The molecule has 0 unspecified atom stereocenters. The molecule has 0 spiro atoms. The number of carboxylic acid groups (broad SMARTS) is 1. The quantitative estimate of drug-likeness (QED) is 0.790. The highest BCUT2D eigenvalue weighted by atomic mass is 16.4. The lowest BCUT2D eigenvalue weighted by Crippen LogP contribution is -2.11. The topological polar surface area (TPSA) is 62.2 Å². The molecule has 1 aliphatic carbocycles. The number of aromatic carboxylic acids is 1. The molecule has 4 heteroatoms. The standard InChI is InChI=1S/C11H14N2O2/c1-7-4-5-12-10(9(7)11(14)15)13-6-8-2-3-8/h4-5,8H,2-3,6H2,1H3,(H,12,13)(H,14,15). The molecule has 0 aliphatic heterocycles. The van der Waals surface area contributed by atoms with Gasteiger partial charge in [0, 0.05) is 12.7 Å². The third kappa shape index (κ3) is 2.26. The van der Waals surface area contributed by atoms with Gasteiger partial charge in [-0.1, -0.05) is 0 Å². The fraction of sp³-hybridized carbons (Fsp3) is 0.455. The summed E-state index contributed by atoms with van der Waals surface area (Å²) >= 11 is 0. The second kappa shape index (κ2) is 3.88. The van der Waals surface area contributed by atoms with E-state index in [-0.39, 0.29) is 5.56 Å². The van der Waals surface area contributed by atoms with Gasteiger partial charge in [-0.25, -0.2) is 9.78 Å². The van der Waals surface area contributed by atoms with Crippen LogP contribution in [0.3, 0.4) is 0 Å². The smallest absolute Gasteiger partial charge is 0.339 e. The van der Waals surface area contributed by atoms with E-state index in [1.54, 1.807) is 19.2 Å². The number of aromatic nitrogens is 1. The van der Waals surface area contributed by atoms with Gasteiger partial charge in [0.25, 0.3) is 0 Å². The molecule has 0 saturated heterocycles. The summed E-state index contributed by atoms with van der Waals surface area (Å²) in [6, 6.07) is 1.71. The summed E-state index contributed by atoms with van der Waals surface area (Å²) in [5, 5.41) is 12.2. The Morgan fingerprint density at radius 3 is 3.00 bits per heavy atom. The number of nitrogens with zero attached hydrogens (tertiary/aromatic N) is 1. The van der Waals surface area contributed by atoms with Crippen molar-refractivity contribution in [2.45, 2.75) is 19.8 Å². The second-order valence-electron chi connectivity index (χ2n) is 3.98. The summed E-state index contributed by atoms with van der Waals surface area (Å²) in [4.78, 5) is 15.1. The Morgan fingerprint density at radius 1 is 1.67 bits per heavy atom. The van der Waals surface area contributed by atoms with Crippen LogP contribution >= 0.6 is 0 Å². The van der Waals surface area contributed by atoms with Gasteiger partial charge in [-0.15, -0.1) is 0 Å². The van der Waals surface area contributed by atoms with Crippen molar-refractivity contribution in [3.05, 3.63) is 23.4 Å². The predicted octanol–water partition coefficient (Wildman–Crippen LogP) is 1.91. The molecular formula is C11H14N2O2. The maximum Gasteiger partial charge on any atom is 0.339 e. The molecule has 2 rings (SSSR count). The maximum atomic E-state index is 11.0. The maximum absolute atomic E-state index is 11.0. The number of pyridine rings is 1. The van der Waals surface area contributed by atoms with Crippen molar-refractivity contribution >= 4 is 11.8 Å². The predicted molar refractivity (Wildman–Crippen MR) is 57.1 cm³/mol. The number of hydrogen-bond donors (Lipinski definition) is 2. The first-order chi connectivity index (χ1) is 7.18. The first-order valence-electron chi connectivity index (χ1n) is 5.11. The number of anilines is 1. The minimum absolute atomic E-state index is 0.290. The second-order valence-corrected chi connectivity index (χ2v) is 3.98. The van der Waals surface area contributed by atoms with Gasteiger partial charge in [-0.05, 0) is 37.3 Å². The fourth-order valence-electron chi connectivity index (χ4n) is 1.53. The minimum Gasteiger partial charge on any atom is -0.478 e. The Kier molecular flexibility index (Phi) is 2.58. The molecule has 1 aliphatic rings. The van der Waals surface area contributed by atoms with E-state index >= 15 is 0 Å². The van der Waals surface area contributed by atoms with Crippen LogP contribution in [-0.4, -0.2) is 22.6 Å². The zero-order chi connectivity index (χ0) is 10.8. The molecule has 2 N–H and O–H groups in total. The van der Waals surface area contributed by atoms with Gasteiger partial charge in [-0.2, -0.15) is 0 Å². The van der Waals surface area contributed by atoms with E-state index in [0.29, 0.717) is 11.7 Å². The lowest BCUT2D eigenvalue weighted by atomic mass is 10.1. The molecule has 0 bridgehead atoms. The van der Waals surface area contributed by atoms with E-state index in [0.717, 1.165) is 12.1 Å². The first-order valence-corrected chi connectivity index (χ1v) is 5.11. The van der Waals surface area contributed by atoms with Gasteiger partial charge in [0.2, 0.25) is 0 Å². The highest BCUT2D eigenvalue weighted by Crippen LogP contribution is 2.29. The van der Waals surface area contributed by atoms with Crippen molar-refractivity contribution in [3.63, 3.8) is 0 Å². The monoisotopic (exact) mass is 206 g/mol. The van der Waals surface area contributed by atoms with Crippen LogP contribution in [-0.2, 0) is 0 Å². The average Bonchev–Trinajstić information content (AvgIpc) is 2.97. The van der Waals surface area contributed by atoms with Gasteiger partial charge >= 0.3 is 5.97 Å². The molecule has 1 heterocycles. The third-order valence-corrected chi connectivity index (χ3v) is 2.63. The van der Waals surface area contributed by atoms with Crippen LogP contribution in [0.5, 0.6) is 0 Å². The molecule has 1 fully saturated rings. The van der Waals surface area contributed by atoms with Gasteiger partial charge in [0.1, 0.15) is 11.4 Å². The van der Waals surface area contributed by atoms with E-state index in [1.165, 1.54) is 12.8 Å². The molecule has 0 atom stereocenters. The Labute approximate surface area is 88.3 Å². The van der Waals surface area contributed by atoms with Crippen molar-refractivity contribution in [1.29, 1.82) is 0 Å². The van der Waals surface area contributed by atoms with E-state index in [1.807, 2.05) is 0 Å². The normalized spacial score (nSPS) is 15.0. The number of aryl methyl sites for hydroxylation is 1. The SMILES string of the molecule is Cc1ccnc(NCC2CC2)c1C(=O)O. The zero-order valence-corrected chi connectivity index (χ0v) is 8.66. The highest BCUT2D eigenvalue weighted by molar-refractivity contribution is 5.94. The van der Waals surface area contributed by atoms with Crippen LogP contribution in [0.25, 0.3) is 0 Å². The molecule has 0 aromatic carbocycles. The largest absolute Gasteiger partial charge is 0.478 e. The van der Waals surface area contributed by atoms with Crippen molar-refractivity contribution in [1.82, 2.24) is 4.98 Å². The van der Waals surface area contributed by atoms with Gasteiger partial charge in [0.05, 0.1) is 0 Å². The summed E-state index contributed by atoms with van der Waals surface area (Å²) < 4.78 is 0. The molecule has 1 aromatic heterocycles. The Bertz CT molecular complexity index is 386. The molecule has 4 nitrogen and oxygen atoms in total. The van der Waals surface area contributed by atoms with Crippen LogP contribution in [0.1, 0.15) is 28.8 Å². The number of carboxylic acids is 1. The average molecular weight is 206 g/mol. The lowest BCUT2D eigenvalue weighted by molar-refractivity contribution is 0.0697. The molecular weight excluding hydrogens is 192 g/mol.